The second-order valence-corrected chi connectivity index (χ2v) is 8.00. The third kappa shape index (κ3) is 7.82. The second kappa shape index (κ2) is 13.1. The number of benzene rings is 3. The van der Waals surface area contributed by atoms with E-state index in [4.69, 9.17) is 21.7 Å². The highest BCUT2D eigenvalue weighted by Crippen LogP contribution is 2.20. The number of amides is 2. The largest absolute Gasteiger partial charge is 0.494 e. The molecular formula is C27H29N3O4S. The van der Waals surface area contributed by atoms with Crippen LogP contribution in [-0.4, -0.2) is 30.1 Å². The van der Waals surface area contributed by atoms with Crippen molar-refractivity contribution in [3.8, 4) is 11.5 Å². The lowest BCUT2D eigenvalue weighted by Crippen LogP contribution is -2.34. The summed E-state index contributed by atoms with van der Waals surface area (Å²) in [6.07, 6.45) is 2.03. The SMILES string of the molecule is CCCCOc1ccc(C(=O)NC(=S)Nc2ccccc2C(=O)Nc2ccc(OCC)cc2)cc1. The monoisotopic (exact) mass is 491 g/mol. The smallest absolute Gasteiger partial charge is 0.257 e. The maximum atomic E-state index is 12.9. The molecule has 0 radical (unpaired) electrons. The number of hydrogen-bond donors (Lipinski definition) is 3. The third-order valence-electron chi connectivity index (χ3n) is 4.95. The first-order valence-electron chi connectivity index (χ1n) is 11.5. The zero-order chi connectivity index (χ0) is 25.0. The number of rotatable bonds is 10. The lowest BCUT2D eigenvalue weighted by molar-refractivity contribution is 0.0976. The minimum atomic E-state index is -0.362. The van der Waals surface area contributed by atoms with Gasteiger partial charge in [-0.25, -0.2) is 0 Å². The summed E-state index contributed by atoms with van der Waals surface area (Å²) in [5.41, 5.74) is 1.93. The lowest BCUT2D eigenvalue weighted by atomic mass is 10.1. The van der Waals surface area contributed by atoms with Gasteiger partial charge in [-0.3, -0.25) is 14.9 Å². The molecule has 0 bridgehead atoms. The Hall–Kier alpha value is -3.91. The average Bonchev–Trinajstić information content (AvgIpc) is 2.86. The summed E-state index contributed by atoms with van der Waals surface area (Å²) >= 11 is 5.31. The highest BCUT2D eigenvalue weighted by Gasteiger charge is 2.14. The van der Waals surface area contributed by atoms with E-state index in [2.05, 4.69) is 22.9 Å². The van der Waals surface area contributed by atoms with Crippen LogP contribution in [0.15, 0.2) is 72.8 Å². The van der Waals surface area contributed by atoms with Crippen molar-refractivity contribution in [3.05, 3.63) is 83.9 Å². The van der Waals surface area contributed by atoms with Crippen molar-refractivity contribution in [2.24, 2.45) is 0 Å². The minimum Gasteiger partial charge on any atom is -0.494 e. The molecular weight excluding hydrogens is 462 g/mol. The molecule has 3 N–H and O–H groups in total. The van der Waals surface area contributed by atoms with Gasteiger partial charge in [0, 0.05) is 11.3 Å². The fourth-order valence-electron chi connectivity index (χ4n) is 3.16. The fraction of sp³-hybridized carbons (Fsp3) is 0.222. The Bertz CT molecular complexity index is 1150. The Morgan fingerprint density at radius 2 is 1.46 bits per heavy atom. The summed E-state index contributed by atoms with van der Waals surface area (Å²) in [6, 6.07) is 20.9. The normalized spacial score (nSPS) is 10.2. The molecule has 0 fully saturated rings. The molecule has 3 aromatic rings. The molecule has 3 aromatic carbocycles. The maximum absolute atomic E-state index is 12.9. The Morgan fingerprint density at radius 1 is 0.800 bits per heavy atom. The van der Waals surface area contributed by atoms with E-state index in [9.17, 15) is 9.59 Å². The van der Waals surface area contributed by atoms with Crippen LogP contribution in [0.25, 0.3) is 0 Å². The maximum Gasteiger partial charge on any atom is 0.257 e. The molecule has 0 unspecified atom stereocenters. The van der Waals surface area contributed by atoms with Crippen LogP contribution in [0.4, 0.5) is 11.4 Å². The Morgan fingerprint density at radius 3 is 2.14 bits per heavy atom. The van der Waals surface area contributed by atoms with E-state index in [-0.39, 0.29) is 16.9 Å². The van der Waals surface area contributed by atoms with Crippen LogP contribution in [-0.2, 0) is 0 Å². The summed E-state index contributed by atoms with van der Waals surface area (Å²) in [7, 11) is 0. The van der Waals surface area contributed by atoms with Crippen molar-refractivity contribution in [3.63, 3.8) is 0 Å². The number of hydrogen-bond acceptors (Lipinski definition) is 5. The van der Waals surface area contributed by atoms with Gasteiger partial charge >= 0.3 is 0 Å². The number of unbranched alkanes of at least 4 members (excludes halogenated alkanes) is 1. The van der Waals surface area contributed by atoms with Crippen molar-refractivity contribution in [1.29, 1.82) is 0 Å². The second-order valence-electron chi connectivity index (χ2n) is 7.59. The van der Waals surface area contributed by atoms with Crippen LogP contribution in [0.5, 0.6) is 11.5 Å². The zero-order valence-electron chi connectivity index (χ0n) is 19.8. The molecule has 2 amide bonds. The van der Waals surface area contributed by atoms with Crippen molar-refractivity contribution in [1.82, 2.24) is 5.32 Å². The molecule has 0 aliphatic rings. The zero-order valence-corrected chi connectivity index (χ0v) is 20.6. The Labute approximate surface area is 210 Å². The summed E-state index contributed by atoms with van der Waals surface area (Å²) in [6.45, 7) is 5.22. The van der Waals surface area contributed by atoms with Crippen molar-refractivity contribution < 1.29 is 19.1 Å². The van der Waals surface area contributed by atoms with Crippen LogP contribution in [0.2, 0.25) is 0 Å². The number of anilines is 2. The number of carbonyl (C=O) groups is 2. The number of para-hydroxylation sites is 1. The molecule has 0 saturated carbocycles. The van der Waals surface area contributed by atoms with Gasteiger partial charge in [-0.1, -0.05) is 25.5 Å². The van der Waals surface area contributed by atoms with E-state index in [1.165, 1.54) is 0 Å². The van der Waals surface area contributed by atoms with Gasteiger partial charge < -0.3 is 20.1 Å². The third-order valence-corrected chi connectivity index (χ3v) is 5.16. The Kier molecular flexibility index (Phi) is 9.62. The average molecular weight is 492 g/mol. The molecule has 0 heterocycles. The van der Waals surface area contributed by atoms with Crippen LogP contribution in [0.1, 0.15) is 47.4 Å². The molecule has 0 aromatic heterocycles. The first-order chi connectivity index (χ1) is 17.0. The fourth-order valence-corrected chi connectivity index (χ4v) is 3.36. The molecule has 0 atom stereocenters. The summed E-state index contributed by atoms with van der Waals surface area (Å²) in [5.74, 6) is 0.763. The summed E-state index contributed by atoms with van der Waals surface area (Å²) in [5, 5.41) is 8.53. The van der Waals surface area contributed by atoms with Gasteiger partial charge in [0.15, 0.2) is 5.11 Å². The first kappa shape index (κ1) is 25.7. The quantitative estimate of drug-likeness (QED) is 0.251. The highest BCUT2D eigenvalue weighted by atomic mass is 32.1. The van der Waals surface area contributed by atoms with Crippen LogP contribution < -0.4 is 25.4 Å². The number of carbonyl (C=O) groups excluding carboxylic acids is 2. The topological polar surface area (TPSA) is 88.7 Å². The van der Waals surface area contributed by atoms with E-state index in [1.54, 1.807) is 72.8 Å². The molecule has 182 valence electrons. The van der Waals surface area contributed by atoms with Gasteiger partial charge in [-0.15, -0.1) is 0 Å². The predicted molar refractivity (Wildman–Crippen MR) is 143 cm³/mol. The van der Waals surface area contributed by atoms with Gasteiger partial charge in [0.05, 0.1) is 24.5 Å². The molecule has 35 heavy (non-hydrogen) atoms. The molecule has 8 heteroatoms. The van der Waals surface area contributed by atoms with Crippen LogP contribution in [0.3, 0.4) is 0 Å². The van der Waals surface area contributed by atoms with Crippen molar-refractivity contribution in [2.75, 3.05) is 23.8 Å². The summed E-state index contributed by atoms with van der Waals surface area (Å²) in [4.78, 5) is 25.5. The van der Waals surface area contributed by atoms with E-state index in [1.807, 2.05) is 6.92 Å². The van der Waals surface area contributed by atoms with Gasteiger partial charge in [-0.2, -0.15) is 0 Å². The van der Waals surface area contributed by atoms with Crippen molar-refractivity contribution >= 4 is 40.5 Å². The highest BCUT2D eigenvalue weighted by molar-refractivity contribution is 7.80. The molecule has 0 aliphatic carbocycles. The number of ether oxygens (including phenoxy) is 2. The van der Waals surface area contributed by atoms with Crippen LogP contribution in [0, 0.1) is 0 Å². The molecule has 0 aliphatic heterocycles. The standard InChI is InChI=1S/C27H29N3O4S/c1-3-5-18-34-22-14-10-19(11-15-22)25(31)30-27(35)29-24-9-7-6-8-23(24)26(32)28-20-12-16-21(17-13-20)33-4-2/h6-17H,3-5,18H2,1-2H3,(H,28,32)(H2,29,30,31,35). The molecule has 0 spiro atoms. The number of nitrogens with one attached hydrogen (secondary N) is 3. The van der Waals surface area contributed by atoms with E-state index in [0.29, 0.717) is 41.5 Å². The lowest BCUT2D eigenvalue weighted by Gasteiger charge is -2.14. The first-order valence-corrected chi connectivity index (χ1v) is 11.9. The van der Waals surface area contributed by atoms with Crippen molar-refractivity contribution in [2.45, 2.75) is 26.7 Å². The van der Waals surface area contributed by atoms with E-state index in [0.717, 1.165) is 18.6 Å². The molecule has 7 nitrogen and oxygen atoms in total. The van der Waals surface area contributed by atoms with Gasteiger partial charge in [0.25, 0.3) is 11.8 Å². The van der Waals surface area contributed by atoms with E-state index < -0.39 is 0 Å². The van der Waals surface area contributed by atoms with Gasteiger partial charge in [0.1, 0.15) is 11.5 Å². The van der Waals surface area contributed by atoms with E-state index >= 15 is 0 Å². The number of thiocarbonyl (C=S) groups is 1. The minimum absolute atomic E-state index is 0.0830. The molecule has 3 rings (SSSR count). The van der Waals surface area contributed by atoms with Gasteiger partial charge in [-0.05, 0) is 86.2 Å². The van der Waals surface area contributed by atoms with Crippen LogP contribution >= 0.6 is 12.2 Å². The summed E-state index contributed by atoms with van der Waals surface area (Å²) < 4.78 is 11.0. The van der Waals surface area contributed by atoms with Gasteiger partial charge in [0.2, 0.25) is 0 Å². The molecule has 0 saturated heterocycles. The predicted octanol–water partition coefficient (Wildman–Crippen LogP) is 5.64. The Balaban J connectivity index is 1.59.